The highest BCUT2D eigenvalue weighted by Gasteiger charge is 2.15. The zero-order valence-corrected chi connectivity index (χ0v) is 14.6. The van der Waals surface area contributed by atoms with Crippen LogP contribution in [0.3, 0.4) is 0 Å². The van der Waals surface area contributed by atoms with Gasteiger partial charge < -0.3 is 15.5 Å². The van der Waals surface area contributed by atoms with Crippen molar-refractivity contribution in [3.63, 3.8) is 0 Å². The smallest absolute Gasteiger partial charge is 0.226 e. The van der Waals surface area contributed by atoms with E-state index in [1.165, 1.54) is 12.8 Å². The molecule has 0 atom stereocenters. The zero-order valence-electron chi connectivity index (χ0n) is 13.9. The van der Waals surface area contributed by atoms with Crippen molar-refractivity contribution in [1.82, 2.24) is 10.2 Å². The Bertz CT molecular complexity index is 568. The van der Waals surface area contributed by atoms with Crippen LogP contribution >= 0.6 is 11.6 Å². The number of hydrogen-bond donors (Lipinski definition) is 2. The van der Waals surface area contributed by atoms with Gasteiger partial charge in [-0.1, -0.05) is 17.7 Å². The maximum atomic E-state index is 12.1. The summed E-state index contributed by atoms with van der Waals surface area (Å²) in [6.07, 6.45) is 2.77. The van der Waals surface area contributed by atoms with Gasteiger partial charge in [-0.25, -0.2) is 0 Å². The first kappa shape index (κ1) is 17.6. The highest BCUT2D eigenvalue weighted by atomic mass is 35.5. The van der Waals surface area contributed by atoms with Crippen LogP contribution in [0.25, 0.3) is 0 Å². The van der Waals surface area contributed by atoms with Gasteiger partial charge in [-0.05, 0) is 44.4 Å². The maximum absolute atomic E-state index is 12.1. The fraction of sp³-hybridized carbons (Fsp3) is 0.529. The van der Waals surface area contributed by atoms with E-state index in [9.17, 15) is 4.79 Å². The summed E-state index contributed by atoms with van der Waals surface area (Å²) in [6, 6.07) is 5.51. The van der Waals surface area contributed by atoms with E-state index in [2.05, 4.69) is 27.4 Å². The number of amides is 1. The number of anilines is 1. The molecule has 2 rings (SSSR count). The van der Waals surface area contributed by atoms with Gasteiger partial charge in [0.1, 0.15) is 0 Å². The van der Waals surface area contributed by atoms with Gasteiger partial charge >= 0.3 is 0 Å². The minimum absolute atomic E-state index is 0.0450. The number of rotatable bonds is 5. The van der Waals surface area contributed by atoms with Gasteiger partial charge in [0.2, 0.25) is 5.91 Å². The predicted molar refractivity (Wildman–Crippen MR) is 96.2 cm³/mol. The first-order chi connectivity index (χ1) is 11.1. The second-order valence-electron chi connectivity index (χ2n) is 5.64. The molecule has 6 heteroatoms. The second-order valence-corrected chi connectivity index (χ2v) is 6.05. The molecule has 1 amide bonds. The van der Waals surface area contributed by atoms with Crippen molar-refractivity contribution < 1.29 is 4.79 Å². The first-order valence-corrected chi connectivity index (χ1v) is 8.58. The van der Waals surface area contributed by atoms with Crippen LogP contribution in [-0.2, 0) is 4.79 Å². The molecule has 1 heterocycles. The Morgan fingerprint density at radius 3 is 2.78 bits per heavy atom. The summed E-state index contributed by atoms with van der Waals surface area (Å²) in [4.78, 5) is 18.9. The average Bonchev–Trinajstić information content (AvgIpc) is 3.05. The monoisotopic (exact) mass is 336 g/mol. The molecular weight excluding hydrogens is 312 g/mol. The van der Waals surface area contributed by atoms with E-state index in [1.807, 2.05) is 25.1 Å². The van der Waals surface area contributed by atoms with E-state index < -0.39 is 0 Å². The quantitative estimate of drug-likeness (QED) is 0.642. The summed E-state index contributed by atoms with van der Waals surface area (Å²) in [7, 11) is 0. The number of halogens is 1. The molecule has 126 valence electrons. The van der Waals surface area contributed by atoms with Crippen molar-refractivity contribution in [3.8, 4) is 0 Å². The van der Waals surface area contributed by atoms with Gasteiger partial charge in [-0.3, -0.25) is 9.79 Å². The lowest BCUT2D eigenvalue weighted by Crippen LogP contribution is -2.39. The van der Waals surface area contributed by atoms with Gasteiger partial charge in [0.15, 0.2) is 5.96 Å². The van der Waals surface area contributed by atoms with Crippen LogP contribution in [0.2, 0.25) is 5.02 Å². The van der Waals surface area contributed by atoms with Crippen molar-refractivity contribution in [3.05, 3.63) is 28.8 Å². The van der Waals surface area contributed by atoms with Crippen LogP contribution < -0.4 is 10.6 Å². The molecule has 1 aliphatic heterocycles. The molecule has 0 radical (unpaired) electrons. The summed E-state index contributed by atoms with van der Waals surface area (Å²) in [5, 5.41) is 6.85. The van der Waals surface area contributed by atoms with E-state index in [-0.39, 0.29) is 5.91 Å². The van der Waals surface area contributed by atoms with Gasteiger partial charge in [0, 0.05) is 36.8 Å². The SMILES string of the molecule is CCNC(=NCCC(=O)Nc1cccc(Cl)c1C)N1CCCC1. The normalized spacial score (nSPS) is 14.9. The van der Waals surface area contributed by atoms with Gasteiger partial charge in [0.25, 0.3) is 0 Å². The molecule has 0 bridgehead atoms. The Morgan fingerprint density at radius 1 is 1.35 bits per heavy atom. The van der Waals surface area contributed by atoms with E-state index in [0.717, 1.165) is 36.8 Å². The average molecular weight is 337 g/mol. The highest BCUT2D eigenvalue weighted by molar-refractivity contribution is 6.31. The summed E-state index contributed by atoms with van der Waals surface area (Å²) < 4.78 is 0. The molecule has 23 heavy (non-hydrogen) atoms. The molecule has 0 spiro atoms. The molecule has 0 saturated carbocycles. The first-order valence-electron chi connectivity index (χ1n) is 8.20. The van der Waals surface area contributed by atoms with Crippen LogP contribution in [0, 0.1) is 6.92 Å². The number of benzene rings is 1. The van der Waals surface area contributed by atoms with Gasteiger partial charge in [-0.15, -0.1) is 0 Å². The third-order valence-electron chi connectivity index (χ3n) is 3.88. The van der Waals surface area contributed by atoms with Gasteiger partial charge in [-0.2, -0.15) is 0 Å². The van der Waals surface area contributed by atoms with Crippen molar-refractivity contribution in [2.24, 2.45) is 4.99 Å². The minimum Gasteiger partial charge on any atom is -0.357 e. The Hall–Kier alpha value is -1.75. The summed E-state index contributed by atoms with van der Waals surface area (Å²) in [6.45, 7) is 7.35. The number of guanidine groups is 1. The van der Waals surface area contributed by atoms with E-state index >= 15 is 0 Å². The summed E-state index contributed by atoms with van der Waals surface area (Å²) >= 11 is 6.06. The highest BCUT2D eigenvalue weighted by Crippen LogP contribution is 2.22. The summed E-state index contributed by atoms with van der Waals surface area (Å²) in [5.41, 5.74) is 1.65. The number of carbonyl (C=O) groups is 1. The van der Waals surface area contributed by atoms with E-state index in [4.69, 9.17) is 11.6 Å². The number of nitrogens with one attached hydrogen (secondary N) is 2. The number of aliphatic imine (C=N–C) groups is 1. The topological polar surface area (TPSA) is 56.7 Å². The molecule has 0 unspecified atom stereocenters. The Balaban J connectivity index is 1.87. The lowest BCUT2D eigenvalue weighted by Gasteiger charge is -2.20. The molecule has 1 aliphatic rings. The van der Waals surface area contributed by atoms with Crippen LogP contribution in [0.4, 0.5) is 5.69 Å². The molecule has 1 aromatic carbocycles. The Labute approximate surface area is 143 Å². The van der Waals surface area contributed by atoms with Crippen LogP contribution in [0.15, 0.2) is 23.2 Å². The standard InChI is InChI=1S/C17H25ClN4O/c1-3-19-17(22-11-4-5-12-22)20-10-9-16(23)21-15-8-6-7-14(18)13(15)2/h6-8H,3-5,9-12H2,1-2H3,(H,19,20)(H,21,23). The van der Waals surface area contributed by atoms with Crippen molar-refractivity contribution in [2.75, 3.05) is 31.5 Å². The lowest BCUT2D eigenvalue weighted by molar-refractivity contribution is -0.116. The molecular formula is C17H25ClN4O. The molecule has 1 aromatic rings. The molecule has 1 saturated heterocycles. The fourth-order valence-electron chi connectivity index (χ4n) is 2.57. The molecule has 1 fully saturated rings. The number of carbonyl (C=O) groups excluding carboxylic acids is 1. The van der Waals surface area contributed by atoms with Crippen molar-refractivity contribution in [2.45, 2.75) is 33.1 Å². The second kappa shape index (κ2) is 8.77. The largest absolute Gasteiger partial charge is 0.357 e. The lowest BCUT2D eigenvalue weighted by atomic mass is 10.2. The molecule has 0 aliphatic carbocycles. The Kier molecular flexibility index (Phi) is 6.71. The van der Waals surface area contributed by atoms with Crippen LogP contribution in [-0.4, -0.2) is 42.9 Å². The Morgan fingerprint density at radius 2 is 2.09 bits per heavy atom. The number of likely N-dealkylation sites (tertiary alicyclic amines) is 1. The maximum Gasteiger partial charge on any atom is 0.226 e. The minimum atomic E-state index is -0.0450. The van der Waals surface area contributed by atoms with E-state index in [0.29, 0.717) is 18.0 Å². The van der Waals surface area contributed by atoms with Crippen LogP contribution in [0.5, 0.6) is 0 Å². The molecule has 5 nitrogen and oxygen atoms in total. The number of nitrogens with zero attached hydrogens (tertiary/aromatic N) is 2. The van der Waals surface area contributed by atoms with Crippen molar-refractivity contribution in [1.29, 1.82) is 0 Å². The third kappa shape index (κ3) is 5.13. The summed E-state index contributed by atoms with van der Waals surface area (Å²) in [5.74, 6) is 0.869. The molecule has 2 N–H and O–H groups in total. The number of hydrogen-bond acceptors (Lipinski definition) is 2. The fourth-order valence-corrected chi connectivity index (χ4v) is 2.75. The van der Waals surface area contributed by atoms with E-state index in [1.54, 1.807) is 0 Å². The van der Waals surface area contributed by atoms with Crippen LogP contribution in [0.1, 0.15) is 31.7 Å². The zero-order chi connectivity index (χ0) is 16.7. The van der Waals surface area contributed by atoms with Gasteiger partial charge in [0.05, 0.1) is 6.54 Å². The third-order valence-corrected chi connectivity index (χ3v) is 4.29. The molecule has 0 aromatic heterocycles. The predicted octanol–water partition coefficient (Wildman–Crippen LogP) is 3.04. The van der Waals surface area contributed by atoms with Crippen molar-refractivity contribution >= 4 is 29.2 Å².